The van der Waals surface area contributed by atoms with Crippen molar-refractivity contribution >= 4 is 29.4 Å². The molecule has 0 unspecified atom stereocenters. The first-order valence-corrected chi connectivity index (χ1v) is 11.2. The molecule has 0 aliphatic heterocycles. The fraction of sp³-hybridized carbons (Fsp3) is 0.185. The van der Waals surface area contributed by atoms with Gasteiger partial charge >= 0.3 is 18.1 Å². The van der Waals surface area contributed by atoms with Gasteiger partial charge < -0.3 is 26.0 Å². The smallest absolute Gasteiger partial charge is 0.422 e. The maximum absolute atomic E-state index is 12.3. The van der Waals surface area contributed by atoms with E-state index in [1.54, 1.807) is 36.4 Å². The number of aliphatic carboxylic acids is 1. The molecule has 0 saturated carbocycles. The Balaban J connectivity index is 1.57. The summed E-state index contributed by atoms with van der Waals surface area (Å²) >= 11 is 0. The molecule has 0 spiro atoms. The van der Waals surface area contributed by atoms with Gasteiger partial charge in [-0.15, -0.1) is 0 Å². The normalized spacial score (nSPS) is 11.7. The molecule has 0 bridgehead atoms. The number of ether oxygens (including phenoxy) is 2. The van der Waals surface area contributed by atoms with Crippen molar-refractivity contribution in [1.29, 1.82) is 0 Å². The highest BCUT2D eigenvalue weighted by atomic mass is 19.4. The number of nitrogens with two attached hydrogens (primary N) is 2. The van der Waals surface area contributed by atoms with E-state index in [-0.39, 0.29) is 22.6 Å². The van der Waals surface area contributed by atoms with Gasteiger partial charge in [0.05, 0.1) is 5.56 Å². The van der Waals surface area contributed by atoms with Crippen LogP contribution >= 0.6 is 0 Å². The molecule has 194 valence electrons. The van der Waals surface area contributed by atoms with Gasteiger partial charge in [-0.2, -0.15) is 13.2 Å². The van der Waals surface area contributed by atoms with Crippen LogP contribution in [0.3, 0.4) is 0 Å². The van der Waals surface area contributed by atoms with Crippen LogP contribution in [0.1, 0.15) is 34.3 Å². The molecule has 0 amide bonds. The zero-order valence-corrected chi connectivity index (χ0v) is 19.6. The summed E-state index contributed by atoms with van der Waals surface area (Å²) in [6.07, 6.45) is -1.40. The monoisotopic (exact) mass is 514 g/mol. The minimum Gasteiger partial charge on any atom is -0.484 e. The SMILES string of the molecule is Nc1cc(N)cc(CCCC(=Cc2ccc(OC(=O)c3ccc(OCC(F)(F)F)cc3)cc2)C(=O)O)c1. The second-order valence-electron chi connectivity index (χ2n) is 8.22. The quantitative estimate of drug-likeness (QED) is 0.141. The number of carbonyl (C=O) groups excluding carboxylic acids is 1. The summed E-state index contributed by atoms with van der Waals surface area (Å²) < 4.78 is 46.6. The standard InChI is InChI=1S/C27H25F3N2O5/c28-27(29,30)16-36-23-10-6-19(7-11-23)26(35)37-24-8-4-17(5-9-24)12-20(25(33)34)3-1-2-18-13-21(31)15-22(32)14-18/h4-15H,1-3,16,31-32H2,(H,33,34). The van der Waals surface area contributed by atoms with Crippen LogP contribution in [0.4, 0.5) is 24.5 Å². The van der Waals surface area contributed by atoms with Gasteiger partial charge in [-0.3, -0.25) is 0 Å². The van der Waals surface area contributed by atoms with Crippen molar-refractivity contribution in [1.82, 2.24) is 0 Å². The highest BCUT2D eigenvalue weighted by Crippen LogP contribution is 2.22. The van der Waals surface area contributed by atoms with E-state index in [9.17, 15) is 27.9 Å². The van der Waals surface area contributed by atoms with Gasteiger partial charge in [-0.1, -0.05) is 12.1 Å². The Morgan fingerprint density at radius 1 is 0.892 bits per heavy atom. The van der Waals surface area contributed by atoms with Crippen LogP contribution < -0.4 is 20.9 Å². The maximum atomic E-state index is 12.3. The van der Waals surface area contributed by atoms with E-state index in [0.29, 0.717) is 36.2 Å². The van der Waals surface area contributed by atoms with E-state index in [0.717, 1.165) is 5.56 Å². The zero-order chi connectivity index (χ0) is 27.0. The summed E-state index contributed by atoms with van der Waals surface area (Å²) in [4.78, 5) is 24.0. The van der Waals surface area contributed by atoms with Crippen molar-refractivity contribution in [2.24, 2.45) is 0 Å². The summed E-state index contributed by atoms with van der Waals surface area (Å²) in [6, 6.07) is 16.6. The Labute approximate surface area is 211 Å². The first kappa shape index (κ1) is 27.1. The van der Waals surface area contributed by atoms with Crippen molar-refractivity contribution in [2.75, 3.05) is 18.1 Å². The van der Waals surface area contributed by atoms with Crippen molar-refractivity contribution in [3.05, 3.63) is 89.0 Å². The van der Waals surface area contributed by atoms with E-state index in [2.05, 4.69) is 4.74 Å². The number of aryl methyl sites for hydroxylation is 1. The summed E-state index contributed by atoms with van der Waals surface area (Å²) in [7, 11) is 0. The number of halogens is 3. The third kappa shape index (κ3) is 8.92. The number of anilines is 2. The van der Waals surface area contributed by atoms with Crippen LogP contribution in [0.2, 0.25) is 0 Å². The third-order valence-electron chi connectivity index (χ3n) is 5.15. The van der Waals surface area contributed by atoms with E-state index in [1.807, 2.05) is 0 Å². The minimum atomic E-state index is -4.46. The molecule has 0 aliphatic carbocycles. The predicted molar refractivity (Wildman–Crippen MR) is 133 cm³/mol. The molecule has 37 heavy (non-hydrogen) atoms. The fourth-order valence-electron chi connectivity index (χ4n) is 3.47. The molecular weight excluding hydrogens is 489 g/mol. The first-order chi connectivity index (χ1) is 17.5. The van der Waals surface area contributed by atoms with Crippen LogP contribution in [0.25, 0.3) is 6.08 Å². The molecule has 0 fully saturated rings. The molecule has 5 N–H and O–H groups in total. The Hall–Kier alpha value is -4.47. The predicted octanol–water partition coefficient (Wildman–Crippen LogP) is 5.50. The molecule has 0 saturated heterocycles. The molecule has 7 nitrogen and oxygen atoms in total. The molecule has 0 atom stereocenters. The first-order valence-electron chi connectivity index (χ1n) is 11.2. The average molecular weight is 515 g/mol. The Morgan fingerprint density at radius 3 is 2.05 bits per heavy atom. The molecule has 0 aromatic heterocycles. The number of hydrogen-bond donors (Lipinski definition) is 3. The number of nitrogen functional groups attached to an aromatic ring is 2. The number of benzene rings is 3. The number of carboxylic acids is 1. The Morgan fingerprint density at radius 2 is 1.49 bits per heavy atom. The molecule has 3 aromatic carbocycles. The highest BCUT2D eigenvalue weighted by molar-refractivity contribution is 5.92. The van der Waals surface area contributed by atoms with E-state index < -0.39 is 24.7 Å². The third-order valence-corrected chi connectivity index (χ3v) is 5.15. The van der Waals surface area contributed by atoms with Gasteiger partial charge in [0.15, 0.2) is 6.61 Å². The average Bonchev–Trinajstić information content (AvgIpc) is 2.82. The van der Waals surface area contributed by atoms with Crippen LogP contribution in [0.5, 0.6) is 11.5 Å². The van der Waals surface area contributed by atoms with Crippen LogP contribution in [-0.2, 0) is 11.2 Å². The van der Waals surface area contributed by atoms with Gasteiger partial charge in [-0.05, 0) is 91.1 Å². The largest absolute Gasteiger partial charge is 0.484 e. The van der Waals surface area contributed by atoms with Gasteiger partial charge in [0.1, 0.15) is 11.5 Å². The number of carbonyl (C=O) groups is 2. The summed E-state index contributed by atoms with van der Waals surface area (Å²) in [5, 5.41) is 9.57. The lowest BCUT2D eigenvalue weighted by Crippen LogP contribution is -2.19. The number of esters is 1. The number of hydrogen-bond acceptors (Lipinski definition) is 6. The van der Waals surface area contributed by atoms with Crippen molar-refractivity contribution < 1.29 is 37.3 Å². The summed E-state index contributed by atoms with van der Waals surface area (Å²) in [5.74, 6) is -1.56. The number of carboxylic acid groups (broad SMARTS) is 1. The van der Waals surface area contributed by atoms with Crippen LogP contribution in [0, 0.1) is 0 Å². The zero-order valence-electron chi connectivity index (χ0n) is 19.6. The topological polar surface area (TPSA) is 125 Å². The maximum Gasteiger partial charge on any atom is 0.422 e. The van der Waals surface area contributed by atoms with Gasteiger partial charge in [-0.25, -0.2) is 9.59 Å². The molecule has 0 radical (unpaired) electrons. The minimum absolute atomic E-state index is 0.0312. The molecule has 3 aromatic rings. The van der Waals surface area contributed by atoms with Gasteiger partial charge in [0, 0.05) is 16.9 Å². The van der Waals surface area contributed by atoms with Crippen molar-refractivity contribution in [2.45, 2.75) is 25.4 Å². The molecule has 3 rings (SSSR count). The fourth-order valence-corrected chi connectivity index (χ4v) is 3.47. The summed E-state index contributed by atoms with van der Waals surface area (Å²) in [6.45, 7) is -1.43. The Bertz CT molecular complexity index is 1250. The van der Waals surface area contributed by atoms with E-state index in [1.165, 1.54) is 36.4 Å². The molecular formula is C27H25F3N2O5. The lowest BCUT2D eigenvalue weighted by atomic mass is 10.0. The van der Waals surface area contributed by atoms with Crippen molar-refractivity contribution in [3.63, 3.8) is 0 Å². The van der Waals surface area contributed by atoms with E-state index >= 15 is 0 Å². The number of rotatable bonds is 10. The molecule has 10 heteroatoms. The number of alkyl halides is 3. The lowest BCUT2D eigenvalue weighted by Gasteiger charge is -2.09. The molecule has 0 heterocycles. The molecule has 0 aliphatic rings. The van der Waals surface area contributed by atoms with E-state index in [4.69, 9.17) is 16.2 Å². The summed E-state index contributed by atoms with van der Waals surface area (Å²) in [5.41, 5.74) is 14.6. The lowest BCUT2D eigenvalue weighted by molar-refractivity contribution is -0.153. The Kier molecular flexibility index (Phi) is 8.78. The second kappa shape index (κ2) is 12.0. The highest BCUT2D eigenvalue weighted by Gasteiger charge is 2.28. The second-order valence-corrected chi connectivity index (χ2v) is 8.22. The van der Waals surface area contributed by atoms with Gasteiger partial charge in [0.25, 0.3) is 0 Å². The van der Waals surface area contributed by atoms with Crippen molar-refractivity contribution in [3.8, 4) is 11.5 Å². The van der Waals surface area contributed by atoms with Crippen LogP contribution in [0.15, 0.2) is 72.3 Å². The van der Waals surface area contributed by atoms with Crippen LogP contribution in [-0.4, -0.2) is 29.8 Å². The van der Waals surface area contributed by atoms with Gasteiger partial charge in [0.2, 0.25) is 0 Å².